The Morgan fingerprint density at radius 3 is 2.48 bits per heavy atom. The highest BCUT2D eigenvalue weighted by Crippen LogP contribution is 2.38. The normalized spacial score (nSPS) is 22.2. The number of halogens is 4. The van der Waals surface area contributed by atoms with E-state index in [1.807, 2.05) is 0 Å². The topological polar surface area (TPSA) is 49.3 Å². The average Bonchev–Trinajstić information content (AvgIpc) is 2.81. The summed E-state index contributed by atoms with van der Waals surface area (Å²) in [5.74, 6) is -5.66. The molecule has 1 amide bonds. The highest BCUT2D eigenvalue weighted by Gasteiger charge is 2.29. The summed E-state index contributed by atoms with van der Waals surface area (Å²) >= 11 is 1.27. The number of aliphatic hydroxyl groups is 1. The van der Waals surface area contributed by atoms with Crippen molar-refractivity contribution in [2.75, 3.05) is 5.32 Å². The fourth-order valence-corrected chi connectivity index (χ4v) is 4.88. The van der Waals surface area contributed by atoms with Crippen LogP contribution in [-0.2, 0) is 0 Å². The van der Waals surface area contributed by atoms with Crippen LogP contribution in [0.5, 0.6) is 0 Å². The van der Waals surface area contributed by atoms with Gasteiger partial charge in [0.15, 0.2) is 17.5 Å². The smallest absolute Gasteiger partial charge is 0.255 e. The van der Waals surface area contributed by atoms with Crippen molar-refractivity contribution in [1.82, 2.24) is 0 Å². The fourth-order valence-electron chi connectivity index (χ4n) is 3.42. The van der Waals surface area contributed by atoms with E-state index in [1.165, 1.54) is 23.9 Å². The van der Waals surface area contributed by atoms with E-state index in [2.05, 4.69) is 5.32 Å². The second kappa shape index (κ2) is 8.75. The van der Waals surface area contributed by atoms with Crippen LogP contribution in [0.15, 0.2) is 35.2 Å². The van der Waals surface area contributed by atoms with Crippen LogP contribution in [0.25, 0.3) is 0 Å². The van der Waals surface area contributed by atoms with Crippen molar-refractivity contribution in [3.63, 3.8) is 0 Å². The van der Waals surface area contributed by atoms with Crippen LogP contribution in [0, 0.1) is 23.3 Å². The number of nitrogens with one attached hydrogen (secondary N) is 1. The minimum atomic E-state index is -1.62. The van der Waals surface area contributed by atoms with Crippen LogP contribution < -0.4 is 5.32 Å². The van der Waals surface area contributed by atoms with E-state index < -0.39 is 34.8 Å². The molecule has 29 heavy (non-hydrogen) atoms. The zero-order chi connectivity index (χ0) is 21.2. The zero-order valence-electron chi connectivity index (χ0n) is 15.8. The maximum atomic E-state index is 14.3. The molecule has 0 saturated heterocycles. The van der Waals surface area contributed by atoms with Crippen LogP contribution >= 0.6 is 11.8 Å². The monoisotopic (exact) mass is 427 g/mol. The number of rotatable bonds is 4. The molecule has 0 aromatic heterocycles. The van der Waals surface area contributed by atoms with E-state index >= 15 is 0 Å². The lowest BCUT2D eigenvalue weighted by atomic mass is 9.97. The van der Waals surface area contributed by atoms with Gasteiger partial charge in [0, 0.05) is 33.5 Å². The molecule has 1 saturated carbocycles. The average molecular weight is 427 g/mol. The Hall–Kier alpha value is -2.06. The Bertz CT molecular complexity index is 897. The first-order valence-electron chi connectivity index (χ1n) is 9.29. The standard InChI is InChI=1S/C21H21F4NO2S/c1-21(28)7-3-2-4-14(11-21)29-18-8-12(5-6-15(18)22)20(27)26-13-9-16(23)19(25)17(24)10-13/h5-6,8-10,14,28H,2-4,7,11H2,1H3,(H,26,27)/t14?,21-/m0/s1. The maximum absolute atomic E-state index is 14.3. The molecule has 0 radical (unpaired) electrons. The molecule has 1 aliphatic rings. The van der Waals surface area contributed by atoms with Gasteiger partial charge in [-0.3, -0.25) is 4.79 Å². The minimum Gasteiger partial charge on any atom is -0.390 e. The number of carbonyl (C=O) groups is 1. The number of hydrogen-bond acceptors (Lipinski definition) is 3. The molecule has 1 unspecified atom stereocenters. The molecule has 2 N–H and O–H groups in total. The van der Waals surface area contributed by atoms with Gasteiger partial charge in [0.25, 0.3) is 5.91 Å². The van der Waals surface area contributed by atoms with E-state index in [9.17, 15) is 27.5 Å². The molecule has 0 heterocycles. The number of carbonyl (C=O) groups excluding carboxylic acids is 1. The van der Waals surface area contributed by atoms with Crippen LogP contribution in [-0.4, -0.2) is 21.9 Å². The summed E-state index contributed by atoms with van der Waals surface area (Å²) in [6.45, 7) is 1.77. The molecular formula is C21H21F4NO2S. The first kappa shape index (κ1) is 21.6. The molecule has 2 aromatic carbocycles. The second-order valence-corrected chi connectivity index (χ2v) is 8.88. The summed E-state index contributed by atoms with van der Waals surface area (Å²) in [7, 11) is 0. The van der Waals surface area contributed by atoms with E-state index in [1.54, 1.807) is 6.92 Å². The summed E-state index contributed by atoms with van der Waals surface area (Å²) in [6.07, 6.45) is 3.86. The van der Waals surface area contributed by atoms with Gasteiger partial charge in [0.2, 0.25) is 0 Å². The minimum absolute atomic E-state index is 0.000557. The SMILES string of the molecule is C[C@]1(O)CCCCC(Sc2cc(C(=O)Nc3cc(F)c(F)c(F)c3)ccc2F)C1. The summed E-state index contributed by atoms with van der Waals surface area (Å²) in [6, 6.07) is 5.11. The third-order valence-corrected chi connectivity index (χ3v) is 6.19. The predicted molar refractivity (Wildman–Crippen MR) is 104 cm³/mol. The molecule has 0 spiro atoms. The lowest BCUT2D eigenvalue weighted by Crippen LogP contribution is -2.26. The molecule has 156 valence electrons. The molecular weight excluding hydrogens is 406 g/mol. The van der Waals surface area contributed by atoms with Crippen molar-refractivity contribution >= 4 is 23.4 Å². The molecule has 1 aliphatic carbocycles. The van der Waals surface area contributed by atoms with Crippen molar-refractivity contribution in [3.05, 3.63) is 59.2 Å². The van der Waals surface area contributed by atoms with Crippen molar-refractivity contribution in [1.29, 1.82) is 0 Å². The zero-order valence-corrected chi connectivity index (χ0v) is 16.6. The van der Waals surface area contributed by atoms with Crippen molar-refractivity contribution in [2.45, 2.75) is 54.8 Å². The van der Waals surface area contributed by atoms with E-state index in [-0.39, 0.29) is 21.4 Å². The third kappa shape index (κ3) is 5.51. The number of benzene rings is 2. The summed E-state index contributed by atoms with van der Waals surface area (Å²) < 4.78 is 54.0. The third-order valence-electron chi connectivity index (χ3n) is 4.89. The molecule has 0 aliphatic heterocycles. The van der Waals surface area contributed by atoms with E-state index in [0.717, 1.165) is 25.3 Å². The molecule has 2 atom stereocenters. The lowest BCUT2D eigenvalue weighted by Gasteiger charge is -2.25. The number of anilines is 1. The predicted octanol–water partition coefficient (Wildman–Crippen LogP) is 5.67. The van der Waals surface area contributed by atoms with Crippen molar-refractivity contribution < 1.29 is 27.5 Å². The number of amides is 1. The van der Waals surface area contributed by atoms with Gasteiger partial charge >= 0.3 is 0 Å². The maximum Gasteiger partial charge on any atom is 0.255 e. The van der Waals surface area contributed by atoms with Crippen LogP contribution in [0.2, 0.25) is 0 Å². The number of thioether (sulfide) groups is 1. The van der Waals surface area contributed by atoms with Crippen LogP contribution in [0.1, 0.15) is 49.4 Å². The highest BCUT2D eigenvalue weighted by atomic mass is 32.2. The van der Waals surface area contributed by atoms with Crippen molar-refractivity contribution in [3.8, 4) is 0 Å². The fraction of sp³-hybridized carbons (Fsp3) is 0.381. The summed E-state index contributed by atoms with van der Waals surface area (Å²) in [4.78, 5) is 12.7. The van der Waals surface area contributed by atoms with E-state index in [0.29, 0.717) is 25.0 Å². The Balaban J connectivity index is 1.77. The molecule has 1 fully saturated rings. The Morgan fingerprint density at radius 1 is 1.10 bits per heavy atom. The Kier molecular flexibility index (Phi) is 6.53. The van der Waals surface area contributed by atoms with Crippen molar-refractivity contribution in [2.24, 2.45) is 0 Å². The van der Waals surface area contributed by atoms with Gasteiger partial charge in [-0.05, 0) is 44.4 Å². The second-order valence-electron chi connectivity index (χ2n) is 7.54. The van der Waals surface area contributed by atoms with Crippen LogP contribution in [0.4, 0.5) is 23.2 Å². The van der Waals surface area contributed by atoms with Gasteiger partial charge in [-0.1, -0.05) is 12.8 Å². The Labute approximate surface area is 170 Å². The lowest BCUT2D eigenvalue weighted by molar-refractivity contribution is 0.0457. The van der Waals surface area contributed by atoms with Crippen LogP contribution in [0.3, 0.4) is 0 Å². The quantitative estimate of drug-likeness (QED) is 0.375. The molecule has 3 rings (SSSR count). The first-order chi connectivity index (χ1) is 13.6. The molecule has 0 bridgehead atoms. The van der Waals surface area contributed by atoms with Gasteiger partial charge in [-0.25, -0.2) is 17.6 Å². The van der Waals surface area contributed by atoms with E-state index in [4.69, 9.17) is 0 Å². The summed E-state index contributed by atoms with van der Waals surface area (Å²) in [5.41, 5.74) is -0.958. The van der Waals surface area contributed by atoms with Gasteiger partial charge in [0.1, 0.15) is 5.82 Å². The highest BCUT2D eigenvalue weighted by molar-refractivity contribution is 8.00. The van der Waals surface area contributed by atoms with Gasteiger partial charge < -0.3 is 10.4 Å². The first-order valence-corrected chi connectivity index (χ1v) is 10.2. The largest absolute Gasteiger partial charge is 0.390 e. The number of hydrogen-bond donors (Lipinski definition) is 2. The van der Waals surface area contributed by atoms with Gasteiger partial charge in [-0.2, -0.15) is 0 Å². The van der Waals surface area contributed by atoms with Gasteiger partial charge in [-0.15, -0.1) is 11.8 Å². The van der Waals surface area contributed by atoms with Gasteiger partial charge in [0.05, 0.1) is 5.60 Å². The summed E-state index contributed by atoms with van der Waals surface area (Å²) in [5, 5.41) is 12.7. The molecule has 8 heteroatoms. The molecule has 2 aromatic rings. The Morgan fingerprint density at radius 2 is 1.79 bits per heavy atom. The molecule has 3 nitrogen and oxygen atoms in total.